The topological polar surface area (TPSA) is 26.0 Å². The first-order valence-corrected chi connectivity index (χ1v) is 7.00. The summed E-state index contributed by atoms with van der Waals surface area (Å²) in [5.74, 6) is 2.15. The van der Waals surface area contributed by atoms with Crippen LogP contribution in [0.4, 0.5) is 0 Å². The third-order valence-electron chi connectivity index (χ3n) is 3.78. The summed E-state index contributed by atoms with van der Waals surface area (Å²) < 4.78 is 0.378. The summed E-state index contributed by atoms with van der Waals surface area (Å²) in [6.45, 7) is 6.92. The zero-order valence-corrected chi connectivity index (χ0v) is 10.7. The van der Waals surface area contributed by atoms with E-state index in [0.29, 0.717) is 10.8 Å². The zero-order chi connectivity index (χ0) is 10.6. The molecule has 1 nitrogen and oxygen atoms in total. The maximum Gasteiger partial charge on any atom is 0.0283 e. The van der Waals surface area contributed by atoms with E-state index >= 15 is 0 Å². The lowest BCUT2D eigenvalue weighted by molar-refractivity contribution is 0.359. The maximum atomic E-state index is 6.34. The molecule has 0 aliphatic carbocycles. The number of hydrogen-bond donors (Lipinski definition) is 1. The predicted octanol–water partition coefficient (Wildman–Crippen LogP) is 3.43. The van der Waals surface area contributed by atoms with Crippen molar-refractivity contribution < 1.29 is 0 Å². The second kappa shape index (κ2) is 5.41. The van der Waals surface area contributed by atoms with Crippen LogP contribution in [0.15, 0.2) is 0 Å². The molecule has 0 radical (unpaired) electrons. The summed E-state index contributed by atoms with van der Waals surface area (Å²) in [4.78, 5) is 0. The Morgan fingerprint density at radius 3 is 2.43 bits per heavy atom. The van der Waals surface area contributed by atoms with Crippen molar-refractivity contribution in [2.24, 2.45) is 11.7 Å². The van der Waals surface area contributed by atoms with Gasteiger partial charge in [0, 0.05) is 10.8 Å². The first kappa shape index (κ1) is 12.4. The van der Waals surface area contributed by atoms with Gasteiger partial charge in [0.1, 0.15) is 0 Å². The highest BCUT2D eigenvalue weighted by molar-refractivity contribution is 8.00. The van der Waals surface area contributed by atoms with Gasteiger partial charge in [0.2, 0.25) is 0 Å². The Balaban J connectivity index is 2.43. The van der Waals surface area contributed by atoms with Crippen molar-refractivity contribution in [1.82, 2.24) is 0 Å². The fraction of sp³-hybridized carbons (Fsp3) is 1.00. The van der Waals surface area contributed by atoms with Gasteiger partial charge in [-0.05, 0) is 37.9 Å². The summed E-state index contributed by atoms with van der Waals surface area (Å²) in [5, 5.41) is 0. The summed E-state index contributed by atoms with van der Waals surface area (Å²) in [6, 6.07) is 0.403. The molecule has 2 heteroatoms. The van der Waals surface area contributed by atoms with E-state index in [1.807, 2.05) is 0 Å². The molecule has 1 fully saturated rings. The molecule has 1 aliphatic heterocycles. The molecule has 0 saturated carbocycles. The lowest BCUT2D eigenvalue weighted by atomic mass is 9.87. The minimum atomic E-state index is 0.378. The summed E-state index contributed by atoms with van der Waals surface area (Å²) in [6.07, 6.45) is 6.46. The molecular formula is C12H25NS. The highest BCUT2D eigenvalue weighted by atomic mass is 32.2. The van der Waals surface area contributed by atoms with E-state index < -0.39 is 0 Å². The van der Waals surface area contributed by atoms with Crippen LogP contribution in [0.3, 0.4) is 0 Å². The van der Waals surface area contributed by atoms with Crippen LogP contribution in [0, 0.1) is 5.92 Å². The first-order chi connectivity index (χ1) is 6.62. The van der Waals surface area contributed by atoms with E-state index in [1.54, 1.807) is 0 Å². The molecule has 0 amide bonds. The molecular weight excluding hydrogens is 190 g/mol. The molecule has 2 unspecified atom stereocenters. The minimum Gasteiger partial charge on any atom is -0.326 e. The van der Waals surface area contributed by atoms with Gasteiger partial charge >= 0.3 is 0 Å². The van der Waals surface area contributed by atoms with Crippen molar-refractivity contribution in [3.05, 3.63) is 0 Å². The van der Waals surface area contributed by atoms with Crippen molar-refractivity contribution >= 4 is 11.8 Å². The lowest BCUT2D eigenvalue weighted by Crippen LogP contribution is -2.42. The normalized spacial score (nSPS) is 29.8. The van der Waals surface area contributed by atoms with E-state index in [2.05, 4.69) is 32.5 Å². The van der Waals surface area contributed by atoms with Crippen LogP contribution in [0.1, 0.15) is 52.9 Å². The predicted molar refractivity (Wildman–Crippen MR) is 66.8 cm³/mol. The van der Waals surface area contributed by atoms with Gasteiger partial charge in [-0.3, -0.25) is 0 Å². The number of rotatable bonds is 5. The van der Waals surface area contributed by atoms with Crippen LogP contribution in [0.25, 0.3) is 0 Å². The van der Waals surface area contributed by atoms with Crippen LogP contribution in [0.2, 0.25) is 0 Å². The highest BCUT2D eigenvalue weighted by Gasteiger charge is 2.36. The minimum absolute atomic E-state index is 0.378. The van der Waals surface area contributed by atoms with Gasteiger partial charge in [-0.15, -0.1) is 0 Å². The first-order valence-electron chi connectivity index (χ1n) is 6.02. The Labute approximate surface area is 93.2 Å². The summed E-state index contributed by atoms with van der Waals surface area (Å²) in [5.41, 5.74) is 6.34. The fourth-order valence-electron chi connectivity index (χ4n) is 2.32. The molecule has 0 bridgehead atoms. The number of nitrogens with two attached hydrogens (primary N) is 1. The van der Waals surface area contributed by atoms with Gasteiger partial charge in [0.05, 0.1) is 0 Å². The van der Waals surface area contributed by atoms with Crippen LogP contribution >= 0.6 is 11.8 Å². The number of thioether (sulfide) groups is 1. The lowest BCUT2D eigenvalue weighted by Gasteiger charge is -2.32. The molecule has 0 aromatic heterocycles. The molecule has 1 rings (SSSR count). The molecule has 14 heavy (non-hydrogen) atoms. The molecule has 1 heterocycles. The average molecular weight is 215 g/mol. The molecule has 0 aromatic carbocycles. The van der Waals surface area contributed by atoms with Crippen LogP contribution in [-0.2, 0) is 0 Å². The van der Waals surface area contributed by atoms with Crippen molar-refractivity contribution in [1.29, 1.82) is 0 Å². The molecule has 84 valence electrons. The summed E-state index contributed by atoms with van der Waals surface area (Å²) >= 11 is 2.09. The van der Waals surface area contributed by atoms with Crippen molar-refractivity contribution in [2.75, 3.05) is 5.75 Å². The SMILES string of the molecule is CCC(CC)CC(N)C1(C)CCCS1. The monoisotopic (exact) mass is 215 g/mol. The van der Waals surface area contributed by atoms with Gasteiger partial charge < -0.3 is 5.73 Å². The van der Waals surface area contributed by atoms with E-state index in [1.165, 1.54) is 37.9 Å². The second-order valence-electron chi connectivity index (χ2n) is 4.79. The third-order valence-corrected chi connectivity index (χ3v) is 5.43. The molecule has 0 spiro atoms. The van der Waals surface area contributed by atoms with Gasteiger partial charge in [-0.25, -0.2) is 0 Å². The third kappa shape index (κ3) is 2.90. The van der Waals surface area contributed by atoms with Crippen LogP contribution in [0.5, 0.6) is 0 Å². The Kier molecular flexibility index (Phi) is 4.78. The number of hydrogen-bond acceptors (Lipinski definition) is 2. The van der Waals surface area contributed by atoms with Crippen LogP contribution < -0.4 is 5.73 Å². The Morgan fingerprint density at radius 2 is 2.00 bits per heavy atom. The van der Waals surface area contributed by atoms with Crippen molar-refractivity contribution in [3.8, 4) is 0 Å². The molecule has 1 aliphatic rings. The smallest absolute Gasteiger partial charge is 0.0283 e. The molecule has 1 saturated heterocycles. The van der Waals surface area contributed by atoms with E-state index in [9.17, 15) is 0 Å². The Bertz CT molecular complexity index is 160. The highest BCUT2D eigenvalue weighted by Crippen LogP contribution is 2.41. The van der Waals surface area contributed by atoms with E-state index in [4.69, 9.17) is 5.73 Å². The van der Waals surface area contributed by atoms with Gasteiger partial charge in [0.25, 0.3) is 0 Å². The second-order valence-corrected chi connectivity index (χ2v) is 6.42. The van der Waals surface area contributed by atoms with E-state index in [0.717, 1.165) is 5.92 Å². The Hall–Kier alpha value is 0.310. The quantitative estimate of drug-likeness (QED) is 0.760. The van der Waals surface area contributed by atoms with Gasteiger partial charge in [-0.1, -0.05) is 26.7 Å². The molecule has 2 N–H and O–H groups in total. The van der Waals surface area contributed by atoms with Gasteiger partial charge in [-0.2, -0.15) is 11.8 Å². The van der Waals surface area contributed by atoms with Gasteiger partial charge in [0.15, 0.2) is 0 Å². The van der Waals surface area contributed by atoms with Crippen molar-refractivity contribution in [2.45, 2.75) is 63.7 Å². The molecule has 0 aromatic rings. The van der Waals surface area contributed by atoms with Crippen LogP contribution in [-0.4, -0.2) is 16.5 Å². The fourth-order valence-corrected chi connectivity index (χ4v) is 3.68. The summed E-state index contributed by atoms with van der Waals surface area (Å²) in [7, 11) is 0. The zero-order valence-electron chi connectivity index (χ0n) is 9.88. The largest absolute Gasteiger partial charge is 0.326 e. The average Bonchev–Trinajstić information content (AvgIpc) is 2.62. The Morgan fingerprint density at radius 1 is 1.36 bits per heavy atom. The maximum absolute atomic E-state index is 6.34. The van der Waals surface area contributed by atoms with Crippen molar-refractivity contribution in [3.63, 3.8) is 0 Å². The molecule has 2 atom stereocenters. The standard InChI is InChI=1S/C12H25NS/c1-4-10(5-2)9-11(13)12(3)7-6-8-14-12/h10-11H,4-9,13H2,1-3H3. The van der Waals surface area contributed by atoms with E-state index in [-0.39, 0.29) is 0 Å².